The molecule has 1 aliphatic carbocycles. The monoisotopic (exact) mass is 430 g/mol. The third kappa shape index (κ3) is 3.99. The summed E-state index contributed by atoms with van der Waals surface area (Å²) in [4.78, 5) is 25.2. The maximum atomic E-state index is 13.0. The predicted molar refractivity (Wildman–Crippen MR) is 124 cm³/mol. The summed E-state index contributed by atoms with van der Waals surface area (Å²) < 4.78 is 0. The van der Waals surface area contributed by atoms with Gasteiger partial charge in [-0.3, -0.25) is 9.89 Å². The third-order valence-corrected chi connectivity index (χ3v) is 6.76. The van der Waals surface area contributed by atoms with Gasteiger partial charge in [-0.2, -0.15) is 5.10 Å². The van der Waals surface area contributed by atoms with E-state index in [0.717, 1.165) is 72.8 Å². The van der Waals surface area contributed by atoms with Gasteiger partial charge in [0.15, 0.2) is 5.82 Å². The van der Waals surface area contributed by atoms with Gasteiger partial charge in [0.05, 0.1) is 11.6 Å². The molecule has 166 valence electrons. The van der Waals surface area contributed by atoms with Gasteiger partial charge in [-0.25, -0.2) is 9.97 Å². The Morgan fingerprint density at radius 2 is 2.00 bits per heavy atom. The molecule has 2 aromatic heterocycles. The van der Waals surface area contributed by atoms with Crippen LogP contribution < -0.4 is 10.2 Å². The lowest BCUT2D eigenvalue weighted by Crippen LogP contribution is -2.43. The number of fused-ring (bicyclic) bond motifs is 1. The van der Waals surface area contributed by atoms with Gasteiger partial charge in [-0.15, -0.1) is 0 Å². The Hall–Kier alpha value is -3.22. The van der Waals surface area contributed by atoms with E-state index in [1.54, 1.807) is 0 Å². The first-order valence-corrected chi connectivity index (χ1v) is 11.6. The fourth-order valence-electron chi connectivity index (χ4n) is 4.93. The average molecular weight is 431 g/mol. The molecule has 1 amide bonds. The molecule has 0 bridgehead atoms. The summed E-state index contributed by atoms with van der Waals surface area (Å²) >= 11 is 0. The normalized spacial score (nSPS) is 17.9. The van der Waals surface area contributed by atoms with E-state index in [2.05, 4.69) is 32.5 Å². The Kier molecular flexibility index (Phi) is 5.64. The minimum absolute atomic E-state index is 0.0385. The molecule has 1 atom stereocenters. The van der Waals surface area contributed by atoms with Crippen LogP contribution >= 0.6 is 0 Å². The van der Waals surface area contributed by atoms with Gasteiger partial charge < -0.3 is 10.2 Å². The summed E-state index contributed by atoms with van der Waals surface area (Å²) in [7, 11) is 0. The number of nitrogens with zero attached hydrogens (tertiary/aromatic N) is 4. The average Bonchev–Trinajstić information content (AvgIpc) is 3.43. The zero-order valence-electron chi connectivity index (χ0n) is 18.8. The van der Waals surface area contributed by atoms with Crippen LogP contribution in [0, 0.1) is 19.8 Å². The molecule has 1 fully saturated rings. The van der Waals surface area contributed by atoms with Gasteiger partial charge >= 0.3 is 0 Å². The first kappa shape index (κ1) is 20.7. The fraction of sp³-hybridized carbons (Fsp3) is 0.440. The number of carbonyl (C=O) groups is 1. The van der Waals surface area contributed by atoms with Crippen LogP contribution in [0.4, 0.5) is 5.82 Å². The SMILES string of the molecule is Cc1n[nH]c(C)c1CNC(=O)[C@@H]1CCCN(c2nc(-c3ccccc3)nc3c2CCC3)C1. The first-order chi connectivity index (χ1) is 15.6. The molecule has 5 rings (SSSR count). The Balaban J connectivity index is 1.35. The number of aromatic nitrogens is 4. The molecule has 3 heterocycles. The fourth-order valence-corrected chi connectivity index (χ4v) is 4.93. The van der Waals surface area contributed by atoms with Crippen molar-refractivity contribution in [3.8, 4) is 11.4 Å². The summed E-state index contributed by atoms with van der Waals surface area (Å²) in [6.45, 7) is 6.11. The summed E-state index contributed by atoms with van der Waals surface area (Å²) in [6, 6.07) is 10.2. The van der Waals surface area contributed by atoms with Crippen molar-refractivity contribution >= 4 is 11.7 Å². The standard InChI is InChI=1S/C25H30N6O/c1-16-21(17(2)30-29-16)14-26-25(32)19-10-7-13-31(15-19)24-20-11-6-12-22(20)27-23(28-24)18-8-4-3-5-9-18/h3-5,8-9,19H,6-7,10-15H2,1-2H3,(H,26,32)(H,29,30)/t19-/m1/s1. The molecule has 1 aromatic carbocycles. The number of hydrogen-bond acceptors (Lipinski definition) is 5. The van der Waals surface area contributed by atoms with Crippen LogP contribution in [0.15, 0.2) is 30.3 Å². The lowest BCUT2D eigenvalue weighted by atomic mass is 9.96. The van der Waals surface area contributed by atoms with E-state index in [4.69, 9.17) is 9.97 Å². The second kappa shape index (κ2) is 8.73. The van der Waals surface area contributed by atoms with E-state index < -0.39 is 0 Å². The molecule has 7 nitrogen and oxygen atoms in total. The molecule has 2 N–H and O–H groups in total. The predicted octanol–water partition coefficient (Wildman–Crippen LogP) is 3.51. The Bertz CT molecular complexity index is 1100. The smallest absolute Gasteiger partial charge is 0.225 e. The number of amides is 1. The van der Waals surface area contributed by atoms with Crippen molar-refractivity contribution in [3.05, 3.63) is 58.5 Å². The van der Waals surface area contributed by atoms with Crippen LogP contribution in [0.3, 0.4) is 0 Å². The van der Waals surface area contributed by atoms with Crippen LogP contribution in [0.2, 0.25) is 0 Å². The highest BCUT2D eigenvalue weighted by Crippen LogP contribution is 2.33. The van der Waals surface area contributed by atoms with Crippen molar-refractivity contribution in [2.45, 2.75) is 52.5 Å². The third-order valence-electron chi connectivity index (χ3n) is 6.76. The van der Waals surface area contributed by atoms with E-state index in [1.807, 2.05) is 32.0 Å². The summed E-state index contributed by atoms with van der Waals surface area (Å²) in [5.74, 6) is 1.90. The molecule has 0 spiro atoms. The quantitative estimate of drug-likeness (QED) is 0.647. The molecule has 3 aromatic rings. The molecule has 2 aliphatic rings. The van der Waals surface area contributed by atoms with Crippen LogP contribution in [0.5, 0.6) is 0 Å². The minimum Gasteiger partial charge on any atom is -0.355 e. The Morgan fingerprint density at radius 3 is 2.78 bits per heavy atom. The molecule has 0 saturated carbocycles. The topological polar surface area (TPSA) is 86.8 Å². The molecule has 0 unspecified atom stereocenters. The highest BCUT2D eigenvalue weighted by atomic mass is 16.1. The van der Waals surface area contributed by atoms with E-state index in [-0.39, 0.29) is 11.8 Å². The number of carbonyl (C=O) groups excluding carboxylic acids is 1. The zero-order chi connectivity index (χ0) is 22.1. The highest BCUT2D eigenvalue weighted by molar-refractivity contribution is 5.79. The number of nitrogens with one attached hydrogen (secondary N) is 2. The molecule has 1 saturated heterocycles. The summed E-state index contributed by atoms with van der Waals surface area (Å²) in [6.07, 6.45) is 5.04. The van der Waals surface area contributed by atoms with Crippen molar-refractivity contribution in [2.24, 2.45) is 5.92 Å². The number of aromatic amines is 1. The van der Waals surface area contributed by atoms with Crippen molar-refractivity contribution in [1.82, 2.24) is 25.5 Å². The lowest BCUT2D eigenvalue weighted by Gasteiger charge is -2.34. The maximum Gasteiger partial charge on any atom is 0.225 e. The van der Waals surface area contributed by atoms with Gasteiger partial charge in [-0.05, 0) is 46.0 Å². The van der Waals surface area contributed by atoms with Crippen LogP contribution in [-0.4, -0.2) is 39.2 Å². The number of aryl methyl sites for hydroxylation is 3. The van der Waals surface area contributed by atoms with E-state index >= 15 is 0 Å². The number of anilines is 1. The molecule has 7 heteroatoms. The van der Waals surface area contributed by atoms with Crippen molar-refractivity contribution < 1.29 is 4.79 Å². The number of H-pyrrole nitrogens is 1. The second-order valence-electron chi connectivity index (χ2n) is 8.93. The zero-order valence-corrected chi connectivity index (χ0v) is 18.8. The summed E-state index contributed by atoms with van der Waals surface area (Å²) in [5, 5.41) is 10.4. The van der Waals surface area contributed by atoms with Gasteiger partial charge in [0.2, 0.25) is 5.91 Å². The van der Waals surface area contributed by atoms with E-state index in [0.29, 0.717) is 13.1 Å². The summed E-state index contributed by atoms with van der Waals surface area (Å²) in [5.41, 5.74) is 6.52. The van der Waals surface area contributed by atoms with Crippen molar-refractivity contribution in [1.29, 1.82) is 0 Å². The Labute approximate surface area is 188 Å². The lowest BCUT2D eigenvalue weighted by molar-refractivity contribution is -0.125. The van der Waals surface area contributed by atoms with Crippen LogP contribution in [0.1, 0.15) is 47.5 Å². The number of benzene rings is 1. The molecular weight excluding hydrogens is 400 g/mol. The minimum atomic E-state index is -0.0385. The number of rotatable bonds is 5. The largest absolute Gasteiger partial charge is 0.355 e. The number of hydrogen-bond donors (Lipinski definition) is 2. The van der Waals surface area contributed by atoms with Gasteiger partial charge in [0, 0.05) is 47.7 Å². The molecule has 0 radical (unpaired) electrons. The molecule has 32 heavy (non-hydrogen) atoms. The second-order valence-corrected chi connectivity index (χ2v) is 8.93. The van der Waals surface area contributed by atoms with Crippen LogP contribution in [-0.2, 0) is 24.2 Å². The van der Waals surface area contributed by atoms with Crippen molar-refractivity contribution in [2.75, 3.05) is 18.0 Å². The van der Waals surface area contributed by atoms with E-state index in [1.165, 1.54) is 11.3 Å². The van der Waals surface area contributed by atoms with Gasteiger partial charge in [0.1, 0.15) is 5.82 Å². The Morgan fingerprint density at radius 1 is 1.16 bits per heavy atom. The van der Waals surface area contributed by atoms with E-state index in [9.17, 15) is 4.79 Å². The van der Waals surface area contributed by atoms with Gasteiger partial charge in [0.25, 0.3) is 0 Å². The molecule has 1 aliphatic heterocycles. The number of piperidine rings is 1. The molecular formula is C25H30N6O. The van der Waals surface area contributed by atoms with Gasteiger partial charge in [-0.1, -0.05) is 30.3 Å². The highest BCUT2D eigenvalue weighted by Gasteiger charge is 2.30. The van der Waals surface area contributed by atoms with Crippen LogP contribution in [0.25, 0.3) is 11.4 Å². The first-order valence-electron chi connectivity index (χ1n) is 11.6. The maximum absolute atomic E-state index is 13.0. The van der Waals surface area contributed by atoms with Crippen molar-refractivity contribution in [3.63, 3.8) is 0 Å².